The first-order valence-electron chi connectivity index (χ1n) is 6.70. The predicted molar refractivity (Wildman–Crippen MR) is 93.6 cm³/mol. The normalized spacial score (nSPS) is 11.6. The maximum Gasteiger partial charge on any atom is 0.335 e. The lowest BCUT2D eigenvalue weighted by Crippen LogP contribution is -2.14. The monoisotopic (exact) mass is 382 g/mol. The average Bonchev–Trinajstić information content (AvgIpc) is 2.90. The fourth-order valence-electron chi connectivity index (χ4n) is 2.14. The standard InChI is InChI=1S/C15H11ClN2O4S2/c1-8-3-2-4-11-13(8)17-15(23-11)18-24(21,22)12-7-9(14(19)20)5-6-10(12)16/h2-7H,1H3,(H,17,18)(H,19,20). The Morgan fingerprint density at radius 1 is 1.29 bits per heavy atom. The van der Waals surface area contributed by atoms with Crippen molar-refractivity contribution < 1.29 is 18.3 Å². The molecule has 6 nitrogen and oxygen atoms in total. The first-order valence-corrected chi connectivity index (χ1v) is 9.37. The quantitative estimate of drug-likeness (QED) is 0.716. The predicted octanol–water partition coefficient (Wildman–Crippen LogP) is 3.76. The van der Waals surface area contributed by atoms with Crippen LogP contribution < -0.4 is 4.72 Å². The largest absolute Gasteiger partial charge is 0.478 e. The number of hydrogen-bond acceptors (Lipinski definition) is 5. The minimum absolute atomic E-state index is 0.0650. The van der Waals surface area contributed by atoms with Gasteiger partial charge in [0.1, 0.15) is 4.90 Å². The molecule has 0 radical (unpaired) electrons. The van der Waals surface area contributed by atoms with Crippen molar-refractivity contribution in [3.63, 3.8) is 0 Å². The Morgan fingerprint density at radius 3 is 2.71 bits per heavy atom. The molecular formula is C15H11ClN2O4S2. The maximum absolute atomic E-state index is 12.5. The van der Waals surface area contributed by atoms with E-state index < -0.39 is 16.0 Å². The van der Waals surface area contributed by atoms with E-state index in [0.717, 1.165) is 16.3 Å². The molecule has 1 heterocycles. The van der Waals surface area contributed by atoms with Crippen LogP contribution in [0.25, 0.3) is 10.2 Å². The molecule has 9 heteroatoms. The molecule has 124 valence electrons. The molecule has 1 aromatic heterocycles. The lowest BCUT2D eigenvalue weighted by atomic mass is 10.2. The molecule has 0 aliphatic rings. The number of anilines is 1. The molecule has 2 aromatic carbocycles. The first kappa shape index (κ1) is 16.7. The second-order valence-electron chi connectivity index (χ2n) is 5.00. The summed E-state index contributed by atoms with van der Waals surface area (Å²) in [4.78, 5) is 15.0. The zero-order valence-corrected chi connectivity index (χ0v) is 14.7. The molecule has 0 spiro atoms. The lowest BCUT2D eigenvalue weighted by molar-refractivity contribution is 0.0696. The van der Waals surface area contributed by atoms with E-state index in [1.807, 2.05) is 25.1 Å². The molecule has 3 rings (SSSR count). The second kappa shape index (κ2) is 6.04. The summed E-state index contributed by atoms with van der Waals surface area (Å²) < 4.78 is 28.3. The van der Waals surface area contributed by atoms with Gasteiger partial charge in [-0.15, -0.1) is 0 Å². The number of sulfonamides is 1. The summed E-state index contributed by atoms with van der Waals surface area (Å²) in [6.07, 6.45) is 0. The fraction of sp³-hybridized carbons (Fsp3) is 0.0667. The van der Waals surface area contributed by atoms with Crippen molar-refractivity contribution >= 4 is 54.3 Å². The van der Waals surface area contributed by atoms with Crippen molar-refractivity contribution in [3.8, 4) is 0 Å². The number of nitrogens with one attached hydrogen (secondary N) is 1. The van der Waals surface area contributed by atoms with Crippen LogP contribution in [0, 0.1) is 6.92 Å². The van der Waals surface area contributed by atoms with Crippen molar-refractivity contribution in [3.05, 3.63) is 52.5 Å². The minimum Gasteiger partial charge on any atom is -0.478 e. The zero-order chi connectivity index (χ0) is 17.5. The van der Waals surface area contributed by atoms with E-state index in [-0.39, 0.29) is 20.6 Å². The van der Waals surface area contributed by atoms with Crippen molar-refractivity contribution in [1.82, 2.24) is 4.98 Å². The molecule has 0 saturated heterocycles. The Morgan fingerprint density at radius 2 is 2.04 bits per heavy atom. The summed E-state index contributed by atoms with van der Waals surface area (Å²) in [5, 5.41) is 9.14. The summed E-state index contributed by atoms with van der Waals surface area (Å²) in [6, 6.07) is 9.09. The minimum atomic E-state index is -4.06. The highest BCUT2D eigenvalue weighted by Crippen LogP contribution is 2.31. The summed E-state index contributed by atoms with van der Waals surface area (Å²) in [5.74, 6) is -1.24. The molecule has 0 saturated carbocycles. The number of rotatable bonds is 4. The number of aryl methyl sites for hydroxylation is 1. The second-order valence-corrected chi connectivity index (χ2v) is 8.09. The molecule has 0 atom stereocenters. The van der Waals surface area contributed by atoms with Crippen LogP contribution in [0.4, 0.5) is 5.13 Å². The lowest BCUT2D eigenvalue weighted by Gasteiger charge is -2.07. The molecule has 0 unspecified atom stereocenters. The van der Waals surface area contributed by atoms with Gasteiger partial charge in [0, 0.05) is 0 Å². The van der Waals surface area contributed by atoms with Crippen LogP contribution in [0.3, 0.4) is 0 Å². The van der Waals surface area contributed by atoms with Gasteiger partial charge in [-0.25, -0.2) is 18.2 Å². The number of thiazole rings is 1. The number of aromatic carboxylic acids is 1. The maximum atomic E-state index is 12.5. The summed E-state index contributed by atoms with van der Waals surface area (Å²) >= 11 is 7.12. The molecule has 0 aliphatic carbocycles. The number of fused-ring (bicyclic) bond motifs is 1. The van der Waals surface area contributed by atoms with Crippen molar-refractivity contribution in [1.29, 1.82) is 0 Å². The van der Waals surface area contributed by atoms with Crippen LogP contribution in [0.2, 0.25) is 5.02 Å². The Bertz CT molecular complexity index is 1060. The number of aromatic nitrogens is 1. The number of hydrogen-bond donors (Lipinski definition) is 2. The number of benzene rings is 2. The van der Waals surface area contributed by atoms with E-state index >= 15 is 0 Å². The van der Waals surface area contributed by atoms with Gasteiger partial charge in [-0.05, 0) is 36.8 Å². The van der Waals surface area contributed by atoms with Gasteiger partial charge in [0.05, 0.1) is 20.8 Å². The SMILES string of the molecule is Cc1cccc2sc(NS(=O)(=O)c3cc(C(=O)O)ccc3Cl)nc12. The molecule has 0 aliphatic heterocycles. The van der Waals surface area contributed by atoms with Gasteiger partial charge in [-0.1, -0.05) is 35.1 Å². The zero-order valence-electron chi connectivity index (χ0n) is 12.3. The van der Waals surface area contributed by atoms with Gasteiger partial charge in [0.25, 0.3) is 10.0 Å². The van der Waals surface area contributed by atoms with Crippen LogP contribution in [0.5, 0.6) is 0 Å². The van der Waals surface area contributed by atoms with Gasteiger partial charge in [0.2, 0.25) is 0 Å². The topological polar surface area (TPSA) is 96.4 Å². The summed E-state index contributed by atoms with van der Waals surface area (Å²) in [5.41, 5.74) is 1.48. The average molecular weight is 383 g/mol. The van der Waals surface area contributed by atoms with E-state index in [0.29, 0.717) is 5.52 Å². The van der Waals surface area contributed by atoms with Gasteiger partial charge in [-0.3, -0.25) is 4.72 Å². The van der Waals surface area contributed by atoms with Crippen molar-refractivity contribution in [2.45, 2.75) is 11.8 Å². The molecule has 2 N–H and O–H groups in total. The van der Waals surface area contributed by atoms with E-state index in [1.54, 1.807) is 0 Å². The van der Waals surface area contributed by atoms with E-state index in [1.165, 1.54) is 23.5 Å². The van der Waals surface area contributed by atoms with Crippen LogP contribution in [-0.4, -0.2) is 24.5 Å². The summed E-state index contributed by atoms with van der Waals surface area (Å²) in [7, 11) is -4.06. The number of carbonyl (C=O) groups is 1. The first-order chi connectivity index (χ1) is 11.3. The number of para-hydroxylation sites is 1. The van der Waals surface area contributed by atoms with Crippen molar-refractivity contribution in [2.75, 3.05) is 4.72 Å². The Balaban J connectivity index is 2.03. The molecule has 0 bridgehead atoms. The van der Waals surface area contributed by atoms with Gasteiger partial charge >= 0.3 is 5.97 Å². The number of halogens is 1. The van der Waals surface area contributed by atoms with Crippen molar-refractivity contribution in [2.24, 2.45) is 0 Å². The molecular weight excluding hydrogens is 372 g/mol. The van der Waals surface area contributed by atoms with E-state index in [2.05, 4.69) is 9.71 Å². The van der Waals surface area contributed by atoms with Crippen LogP contribution in [-0.2, 0) is 10.0 Å². The van der Waals surface area contributed by atoms with Gasteiger partial charge < -0.3 is 5.11 Å². The van der Waals surface area contributed by atoms with Crippen LogP contribution in [0.15, 0.2) is 41.3 Å². The van der Waals surface area contributed by atoms with Crippen LogP contribution in [0.1, 0.15) is 15.9 Å². The van der Waals surface area contributed by atoms with Gasteiger partial charge in [0.15, 0.2) is 5.13 Å². The highest BCUT2D eigenvalue weighted by atomic mass is 35.5. The van der Waals surface area contributed by atoms with E-state index in [9.17, 15) is 13.2 Å². The molecule has 24 heavy (non-hydrogen) atoms. The van der Waals surface area contributed by atoms with E-state index in [4.69, 9.17) is 16.7 Å². The number of nitrogens with zero attached hydrogens (tertiary/aromatic N) is 1. The third-order valence-electron chi connectivity index (χ3n) is 3.31. The Hall–Kier alpha value is -2.16. The fourth-order valence-corrected chi connectivity index (χ4v) is 4.85. The molecule has 3 aromatic rings. The molecule has 0 fully saturated rings. The Kier molecular flexibility index (Phi) is 4.20. The molecule has 0 amide bonds. The van der Waals surface area contributed by atoms with Crippen LogP contribution >= 0.6 is 22.9 Å². The highest BCUT2D eigenvalue weighted by molar-refractivity contribution is 7.93. The smallest absolute Gasteiger partial charge is 0.335 e. The summed E-state index contributed by atoms with van der Waals surface area (Å²) in [6.45, 7) is 1.88. The third-order valence-corrected chi connectivity index (χ3v) is 6.20. The Labute approximate surface area is 146 Å². The van der Waals surface area contributed by atoms with Gasteiger partial charge in [-0.2, -0.15) is 0 Å². The number of carboxylic acid groups (broad SMARTS) is 1. The number of carboxylic acids is 1. The highest BCUT2D eigenvalue weighted by Gasteiger charge is 2.22. The third kappa shape index (κ3) is 3.08.